The second-order valence-corrected chi connectivity index (χ2v) is 7.47. The van der Waals surface area contributed by atoms with Crippen LogP contribution in [-0.4, -0.2) is 11.5 Å². The van der Waals surface area contributed by atoms with Gasteiger partial charge in [0.15, 0.2) is 0 Å². The summed E-state index contributed by atoms with van der Waals surface area (Å²) < 4.78 is 6.88. The molecule has 3 rings (SSSR count). The number of benzene rings is 2. The molecule has 2 aromatic carbocycles. The van der Waals surface area contributed by atoms with Gasteiger partial charge in [-0.1, -0.05) is 24.3 Å². The summed E-state index contributed by atoms with van der Waals surface area (Å²) in [6, 6.07) is 13.5. The predicted octanol–water partition coefficient (Wildman–Crippen LogP) is 4.79. The number of amides is 1. The Morgan fingerprint density at radius 1 is 1.26 bits per heavy atom. The van der Waals surface area contributed by atoms with Gasteiger partial charge in [0.1, 0.15) is 11.4 Å². The Morgan fingerprint density at radius 3 is 2.74 bits per heavy atom. The molecule has 0 bridgehead atoms. The first-order chi connectivity index (χ1) is 10.9. The van der Waals surface area contributed by atoms with E-state index in [4.69, 9.17) is 4.74 Å². The summed E-state index contributed by atoms with van der Waals surface area (Å²) in [6.07, 6.45) is 0.735. The van der Waals surface area contributed by atoms with Gasteiger partial charge in [-0.25, -0.2) is 0 Å². The van der Waals surface area contributed by atoms with E-state index in [1.165, 1.54) is 0 Å². The van der Waals surface area contributed by atoms with Crippen molar-refractivity contribution in [3.8, 4) is 5.75 Å². The number of hydrogen-bond donors (Lipinski definition) is 1. The first-order valence-corrected chi connectivity index (χ1v) is 8.50. The molecule has 23 heavy (non-hydrogen) atoms. The van der Waals surface area contributed by atoms with Crippen LogP contribution in [0, 0.1) is 6.92 Å². The Kier molecular flexibility index (Phi) is 4.19. The third kappa shape index (κ3) is 3.42. The van der Waals surface area contributed by atoms with Crippen molar-refractivity contribution < 1.29 is 9.53 Å². The monoisotopic (exact) mass is 373 g/mol. The maximum atomic E-state index is 12.6. The topological polar surface area (TPSA) is 38.3 Å². The molecular formula is C19H20BrNO2. The molecule has 1 heterocycles. The van der Waals surface area contributed by atoms with Crippen LogP contribution in [-0.2, 0) is 0 Å². The average Bonchev–Trinajstić information content (AvgIpc) is 2.45. The molecule has 2 aromatic rings. The standard InChI is InChI=1S/C19H20BrNO2/c1-12-8-9-14-16(11-19(2,3)23-17(14)10-12)21-18(22)13-6-4-5-7-15(13)20/h4-10,16H,11H2,1-3H3,(H,21,22). The van der Waals surface area contributed by atoms with Crippen LogP contribution < -0.4 is 10.1 Å². The molecule has 1 aliphatic heterocycles. The van der Waals surface area contributed by atoms with E-state index in [9.17, 15) is 4.79 Å². The van der Waals surface area contributed by atoms with Crippen molar-refractivity contribution >= 4 is 21.8 Å². The fourth-order valence-corrected chi connectivity index (χ4v) is 3.43. The summed E-state index contributed by atoms with van der Waals surface area (Å²) in [5.41, 5.74) is 2.52. The molecule has 0 fully saturated rings. The molecule has 1 amide bonds. The Balaban J connectivity index is 1.91. The molecule has 0 spiro atoms. The molecule has 4 heteroatoms. The molecule has 0 radical (unpaired) electrons. The molecule has 1 unspecified atom stereocenters. The van der Waals surface area contributed by atoms with Gasteiger partial charge in [0.05, 0.1) is 11.6 Å². The number of hydrogen-bond acceptors (Lipinski definition) is 2. The lowest BCUT2D eigenvalue weighted by Gasteiger charge is -2.38. The van der Waals surface area contributed by atoms with Gasteiger partial charge >= 0.3 is 0 Å². The largest absolute Gasteiger partial charge is 0.487 e. The Bertz CT molecular complexity index is 755. The van der Waals surface area contributed by atoms with Crippen LogP contribution in [0.15, 0.2) is 46.9 Å². The number of carbonyl (C=O) groups excluding carboxylic acids is 1. The summed E-state index contributed by atoms with van der Waals surface area (Å²) in [4.78, 5) is 12.6. The van der Waals surface area contributed by atoms with Crippen LogP contribution in [0.25, 0.3) is 0 Å². The lowest BCUT2D eigenvalue weighted by atomic mass is 9.89. The second-order valence-electron chi connectivity index (χ2n) is 6.61. The maximum Gasteiger partial charge on any atom is 0.252 e. The summed E-state index contributed by atoms with van der Waals surface area (Å²) in [6.45, 7) is 6.14. The van der Waals surface area contributed by atoms with Gasteiger partial charge in [-0.05, 0) is 60.5 Å². The molecule has 3 nitrogen and oxygen atoms in total. The van der Waals surface area contributed by atoms with Crippen LogP contribution >= 0.6 is 15.9 Å². The van der Waals surface area contributed by atoms with Crippen LogP contribution in [0.4, 0.5) is 0 Å². The van der Waals surface area contributed by atoms with Crippen LogP contribution in [0.2, 0.25) is 0 Å². The van der Waals surface area contributed by atoms with E-state index in [0.29, 0.717) is 5.56 Å². The molecule has 0 aromatic heterocycles. The van der Waals surface area contributed by atoms with Crippen molar-refractivity contribution in [3.63, 3.8) is 0 Å². The van der Waals surface area contributed by atoms with Gasteiger partial charge in [0.25, 0.3) is 5.91 Å². The summed E-state index contributed by atoms with van der Waals surface area (Å²) >= 11 is 3.44. The van der Waals surface area contributed by atoms with Crippen molar-refractivity contribution in [2.24, 2.45) is 0 Å². The fourth-order valence-electron chi connectivity index (χ4n) is 2.97. The highest BCUT2D eigenvalue weighted by atomic mass is 79.9. The minimum Gasteiger partial charge on any atom is -0.487 e. The number of fused-ring (bicyclic) bond motifs is 1. The van der Waals surface area contributed by atoms with Gasteiger partial charge < -0.3 is 10.1 Å². The Labute approximate surface area is 145 Å². The molecule has 120 valence electrons. The number of ether oxygens (including phenoxy) is 1. The van der Waals surface area contributed by atoms with Gasteiger partial charge in [-0.2, -0.15) is 0 Å². The molecular weight excluding hydrogens is 354 g/mol. The number of rotatable bonds is 2. The van der Waals surface area contributed by atoms with Gasteiger partial charge in [-0.3, -0.25) is 4.79 Å². The highest BCUT2D eigenvalue weighted by Crippen LogP contribution is 2.40. The summed E-state index contributed by atoms with van der Waals surface area (Å²) in [5, 5.41) is 3.16. The fraction of sp³-hybridized carbons (Fsp3) is 0.316. The van der Waals surface area contributed by atoms with E-state index in [2.05, 4.69) is 41.2 Å². The number of halogens is 1. The number of carbonyl (C=O) groups is 1. The quantitative estimate of drug-likeness (QED) is 0.821. The van der Waals surface area contributed by atoms with Gasteiger partial charge in [0, 0.05) is 16.5 Å². The van der Waals surface area contributed by atoms with E-state index in [1.54, 1.807) is 0 Å². The van der Waals surface area contributed by atoms with Crippen molar-refractivity contribution in [2.75, 3.05) is 0 Å². The molecule has 0 saturated heterocycles. The van der Waals surface area contributed by atoms with Crippen molar-refractivity contribution in [1.82, 2.24) is 5.32 Å². The highest BCUT2D eigenvalue weighted by Gasteiger charge is 2.34. The van der Waals surface area contributed by atoms with Gasteiger partial charge in [-0.15, -0.1) is 0 Å². The van der Waals surface area contributed by atoms with Crippen LogP contribution in [0.5, 0.6) is 5.75 Å². The predicted molar refractivity (Wildman–Crippen MR) is 94.9 cm³/mol. The van der Waals surface area contributed by atoms with Crippen LogP contribution in [0.3, 0.4) is 0 Å². The summed E-state index contributed by atoms with van der Waals surface area (Å²) in [5.74, 6) is 0.783. The zero-order valence-corrected chi connectivity index (χ0v) is 15.1. The Morgan fingerprint density at radius 2 is 2.00 bits per heavy atom. The zero-order chi connectivity index (χ0) is 16.6. The maximum absolute atomic E-state index is 12.6. The molecule has 1 aliphatic rings. The van der Waals surface area contributed by atoms with E-state index in [-0.39, 0.29) is 17.6 Å². The minimum absolute atomic E-state index is 0.0612. The molecule has 1 atom stereocenters. The zero-order valence-electron chi connectivity index (χ0n) is 13.5. The molecule has 0 aliphatic carbocycles. The molecule has 1 N–H and O–H groups in total. The SMILES string of the molecule is Cc1ccc2c(c1)OC(C)(C)CC2NC(=O)c1ccccc1Br. The van der Waals surface area contributed by atoms with E-state index in [0.717, 1.165) is 27.8 Å². The lowest BCUT2D eigenvalue weighted by molar-refractivity contribution is 0.0619. The third-order valence-electron chi connectivity index (χ3n) is 4.05. The number of aryl methyl sites for hydroxylation is 1. The highest BCUT2D eigenvalue weighted by molar-refractivity contribution is 9.10. The van der Waals surface area contributed by atoms with Crippen LogP contribution in [0.1, 0.15) is 47.8 Å². The average molecular weight is 374 g/mol. The normalized spacial score (nSPS) is 18.7. The Hall–Kier alpha value is -1.81. The van der Waals surface area contributed by atoms with Crippen molar-refractivity contribution in [3.05, 3.63) is 63.6 Å². The van der Waals surface area contributed by atoms with Crippen molar-refractivity contribution in [1.29, 1.82) is 0 Å². The molecule has 0 saturated carbocycles. The third-order valence-corrected chi connectivity index (χ3v) is 4.74. The van der Waals surface area contributed by atoms with E-state index in [1.807, 2.05) is 43.3 Å². The number of nitrogens with one attached hydrogen (secondary N) is 1. The lowest BCUT2D eigenvalue weighted by Crippen LogP contribution is -2.41. The first kappa shape index (κ1) is 16.1. The van der Waals surface area contributed by atoms with Crippen molar-refractivity contribution in [2.45, 2.75) is 38.8 Å². The van der Waals surface area contributed by atoms with E-state index < -0.39 is 0 Å². The first-order valence-electron chi connectivity index (χ1n) is 7.71. The minimum atomic E-state index is -0.313. The summed E-state index contributed by atoms with van der Waals surface area (Å²) in [7, 11) is 0. The van der Waals surface area contributed by atoms with E-state index >= 15 is 0 Å². The van der Waals surface area contributed by atoms with Gasteiger partial charge in [0.2, 0.25) is 0 Å². The second kappa shape index (κ2) is 6.00. The smallest absolute Gasteiger partial charge is 0.252 e.